The SMILES string of the molecule is c1ccc(-c2ccc(N(c3ccc(-c4ccc(N(c5ccc(-c6ccccc6)cc5)c5ccc6c7ccccc7n(-c7ccccc7)c6c5)cc4)cc3)c3ccc4c5ccccc5n(-c5ccccc5)c4c3)cc2)cc1. The minimum Gasteiger partial charge on any atom is -0.310 e. The maximum atomic E-state index is 2.39. The van der Waals surface area contributed by atoms with E-state index in [1.165, 1.54) is 54.8 Å². The highest BCUT2D eigenvalue weighted by Gasteiger charge is 2.20. The Morgan fingerprint density at radius 2 is 0.434 bits per heavy atom. The topological polar surface area (TPSA) is 16.3 Å². The molecule has 4 heteroatoms. The Morgan fingerprint density at radius 3 is 0.763 bits per heavy atom. The van der Waals surface area contributed by atoms with Crippen LogP contribution in [-0.4, -0.2) is 9.13 Å². The molecule has 2 heterocycles. The van der Waals surface area contributed by atoms with Gasteiger partial charge in [0.15, 0.2) is 0 Å². The number of nitrogens with zero attached hydrogens (tertiary/aromatic N) is 4. The van der Waals surface area contributed by atoms with E-state index in [1.807, 2.05) is 0 Å². The van der Waals surface area contributed by atoms with Crippen molar-refractivity contribution in [2.75, 3.05) is 9.80 Å². The van der Waals surface area contributed by atoms with Crippen LogP contribution in [0, 0.1) is 0 Å². The minimum absolute atomic E-state index is 1.07. The average Bonchev–Trinajstić information content (AvgIpc) is 4.04. The molecule has 358 valence electrons. The van der Waals surface area contributed by atoms with Crippen molar-refractivity contribution in [2.24, 2.45) is 0 Å². The molecule has 14 aromatic rings. The third-order valence-corrected chi connectivity index (χ3v) is 14.9. The molecule has 0 fully saturated rings. The van der Waals surface area contributed by atoms with Crippen molar-refractivity contribution in [3.63, 3.8) is 0 Å². The Morgan fingerprint density at radius 1 is 0.184 bits per heavy atom. The van der Waals surface area contributed by atoms with Crippen molar-refractivity contribution in [1.29, 1.82) is 0 Å². The first-order valence-corrected chi connectivity index (χ1v) is 26.0. The number of fused-ring (bicyclic) bond motifs is 6. The smallest absolute Gasteiger partial charge is 0.0561 e. The molecule has 0 saturated carbocycles. The molecule has 0 unspecified atom stereocenters. The molecule has 2 aromatic heterocycles. The van der Waals surface area contributed by atoms with Crippen molar-refractivity contribution in [3.8, 4) is 44.8 Å². The summed E-state index contributed by atoms with van der Waals surface area (Å²) in [6.07, 6.45) is 0. The maximum Gasteiger partial charge on any atom is 0.0561 e. The highest BCUT2D eigenvalue weighted by atomic mass is 15.2. The second-order valence-corrected chi connectivity index (χ2v) is 19.4. The molecule has 0 aliphatic carbocycles. The summed E-state index contributed by atoms with van der Waals surface area (Å²) in [7, 11) is 0. The van der Waals surface area contributed by atoms with Crippen LogP contribution in [0.3, 0.4) is 0 Å². The largest absolute Gasteiger partial charge is 0.310 e. The monoisotopic (exact) mass is 970 g/mol. The van der Waals surface area contributed by atoms with Crippen LogP contribution in [0.15, 0.2) is 303 Å². The number of hydrogen-bond acceptors (Lipinski definition) is 2. The molecule has 4 nitrogen and oxygen atoms in total. The van der Waals surface area contributed by atoms with Gasteiger partial charge in [0.2, 0.25) is 0 Å². The first kappa shape index (κ1) is 44.5. The summed E-state index contributed by atoms with van der Waals surface area (Å²) in [5.74, 6) is 0. The molecular weight excluding hydrogens is 921 g/mol. The van der Waals surface area contributed by atoms with E-state index in [9.17, 15) is 0 Å². The summed E-state index contributed by atoms with van der Waals surface area (Å²) < 4.78 is 4.78. The van der Waals surface area contributed by atoms with E-state index in [-0.39, 0.29) is 0 Å². The molecule has 0 aliphatic rings. The van der Waals surface area contributed by atoms with Crippen LogP contribution in [0.1, 0.15) is 0 Å². The van der Waals surface area contributed by atoms with E-state index < -0.39 is 0 Å². The number of hydrogen-bond donors (Lipinski definition) is 0. The van der Waals surface area contributed by atoms with Gasteiger partial charge in [-0.15, -0.1) is 0 Å². The van der Waals surface area contributed by atoms with Crippen LogP contribution in [-0.2, 0) is 0 Å². The highest BCUT2D eigenvalue weighted by Crippen LogP contribution is 2.43. The van der Waals surface area contributed by atoms with Crippen molar-refractivity contribution in [3.05, 3.63) is 303 Å². The first-order valence-electron chi connectivity index (χ1n) is 26.0. The zero-order valence-electron chi connectivity index (χ0n) is 41.7. The third kappa shape index (κ3) is 7.97. The lowest BCUT2D eigenvalue weighted by Gasteiger charge is -2.27. The van der Waals surface area contributed by atoms with Gasteiger partial charge in [0.05, 0.1) is 22.1 Å². The van der Waals surface area contributed by atoms with Gasteiger partial charge in [0.1, 0.15) is 0 Å². The number of rotatable bonds is 11. The number of anilines is 6. The van der Waals surface area contributed by atoms with Gasteiger partial charge in [-0.1, -0.05) is 194 Å². The second-order valence-electron chi connectivity index (χ2n) is 19.4. The summed E-state index contributed by atoms with van der Waals surface area (Å²) in [5.41, 5.74) is 20.5. The molecule has 0 N–H and O–H groups in total. The van der Waals surface area contributed by atoms with Gasteiger partial charge in [-0.3, -0.25) is 0 Å². The molecule has 12 aromatic carbocycles. The molecule has 0 aliphatic heterocycles. The molecule has 0 saturated heterocycles. The average molecular weight is 971 g/mol. The van der Waals surface area contributed by atoms with E-state index in [0.29, 0.717) is 0 Å². The Balaban J connectivity index is 0.851. The van der Waals surface area contributed by atoms with Gasteiger partial charge in [0.25, 0.3) is 0 Å². The van der Waals surface area contributed by atoms with Crippen molar-refractivity contribution in [1.82, 2.24) is 9.13 Å². The fourth-order valence-electron chi connectivity index (χ4n) is 11.3. The molecule has 76 heavy (non-hydrogen) atoms. The molecular formula is C72H50N4. The van der Waals surface area contributed by atoms with Crippen LogP contribution < -0.4 is 9.80 Å². The van der Waals surface area contributed by atoms with Crippen LogP contribution in [0.4, 0.5) is 34.1 Å². The number of aromatic nitrogens is 2. The highest BCUT2D eigenvalue weighted by molar-refractivity contribution is 6.11. The standard InChI is InChI=1S/C72H50N4/c1-5-17-51(18-6-1)53-29-37-59(38-30-53)73(63-45-47-67-65-25-13-15-27-69(65)75(71(67)49-63)57-21-9-3-10-22-57)61-41-33-55(34-42-61)56-35-43-62(44-36-56)74(60-39-31-54(32-40-60)52-19-7-2-8-20-52)64-46-48-68-66-26-14-16-28-70(66)76(72(68)50-64)58-23-11-4-12-24-58/h1-50H. The Hall–Kier alpha value is -10.2. The Kier molecular flexibility index (Phi) is 11.2. The third-order valence-electron chi connectivity index (χ3n) is 14.9. The molecule has 0 amide bonds. The summed E-state index contributed by atoms with van der Waals surface area (Å²) >= 11 is 0. The van der Waals surface area contributed by atoms with Gasteiger partial charge in [-0.2, -0.15) is 0 Å². The fraction of sp³-hybridized carbons (Fsp3) is 0. The lowest BCUT2D eigenvalue weighted by Crippen LogP contribution is -2.10. The zero-order valence-corrected chi connectivity index (χ0v) is 41.7. The van der Waals surface area contributed by atoms with Gasteiger partial charge < -0.3 is 18.9 Å². The van der Waals surface area contributed by atoms with E-state index in [1.54, 1.807) is 0 Å². The Bertz CT molecular complexity index is 4050. The Labute approximate surface area is 442 Å². The van der Waals surface area contributed by atoms with Crippen LogP contribution in [0.2, 0.25) is 0 Å². The minimum atomic E-state index is 1.07. The summed E-state index contributed by atoms with van der Waals surface area (Å²) in [6, 6.07) is 110. The van der Waals surface area contributed by atoms with Crippen LogP contribution in [0.25, 0.3) is 88.4 Å². The summed E-state index contributed by atoms with van der Waals surface area (Å²) in [6.45, 7) is 0. The predicted octanol–water partition coefficient (Wildman–Crippen LogP) is 19.8. The molecule has 0 spiro atoms. The van der Waals surface area contributed by atoms with Crippen molar-refractivity contribution >= 4 is 77.7 Å². The number of para-hydroxylation sites is 4. The lowest BCUT2D eigenvalue weighted by atomic mass is 10.0. The first-order chi connectivity index (χ1) is 37.7. The van der Waals surface area contributed by atoms with E-state index in [4.69, 9.17) is 0 Å². The van der Waals surface area contributed by atoms with Crippen molar-refractivity contribution in [2.45, 2.75) is 0 Å². The predicted molar refractivity (Wildman–Crippen MR) is 321 cm³/mol. The molecule has 0 atom stereocenters. The maximum absolute atomic E-state index is 2.39. The lowest BCUT2D eigenvalue weighted by molar-refractivity contribution is 1.18. The van der Waals surface area contributed by atoms with E-state index >= 15 is 0 Å². The second kappa shape index (κ2) is 19.0. The van der Waals surface area contributed by atoms with E-state index in [2.05, 4.69) is 322 Å². The van der Waals surface area contributed by atoms with Gasteiger partial charge >= 0.3 is 0 Å². The normalized spacial score (nSPS) is 11.4. The van der Waals surface area contributed by atoms with Crippen molar-refractivity contribution < 1.29 is 0 Å². The quantitative estimate of drug-likeness (QED) is 0.128. The molecule has 0 radical (unpaired) electrons. The van der Waals surface area contributed by atoms with Gasteiger partial charge in [-0.05, 0) is 143 Å². The molecule has 0 bridgehead atoms. The summed E-state index contributed by atoms with van der Waals surface area (Å²) in [4.78, 5) is 4.76. The van der Waals surface area contributed by atoms with Gasteiger partial charge in [0, 0.05) is 67.0 Å². The van der Waals surface area contributed by atoms with Crippen LogP contribution in [0.5, 0.6) is 0 Å². The number of benzene rings is 12. The zero-order chi connectivity index (χ0) is 50.4. The van der Waals surface area contributed by atoms with Gasteiger partial charge in [-0.25, -0.2) is 0 Å². The summed E-state index contributed by atoms with van der Waals surface area (Å²) in [5, 5.41) is 4.92. The fourth-order valence-corrected chi connectivity index (χ4v) is 11.3. The van der Waals surface area contributed by atoms with Crippen LogP contribution >= 0.6 is 0 Å². The molecule has 14 rings (SSSR count). The van der Waals surface area contributed by atoms with E-state index in [0.717, 1.165) is 67.7 Å².